The molecule has 2 fully saturated rings. The molecule has 3 aromatic heterocycles. The molecular formula is C23H29N7O4. The molecule has 0 aromatic carbocycles. The summed E-state index contributed by atoms with van der Waals surface area (Å²) in [6.45, 7) is 1.24. The topological polar surface area (TPSA) is 135 Å². The Hall–Kier alpha value is -3.44. The number of nitrogens with one attached hydrogen (secondary N) is 3. The highest BCUT2D eigenvalue weighted by atomic mass is 16.5. The summed E-state index contributed by atoms with van der Waals surface area (Å²) < 4.78 is 8.79. The van der Waals surface area contributed by atoms with E-state index in [0.717, 1.165) is 25.9 Å². The van der Waals surface area contributed by atoms with Crippen LogP contribution < -0.4 is 21.5 Å². The number of carbonyl (C=O) groups excluding carboxylic acids is 1. The van der Waals surface area contributed by atoms with Crippen LogP contribution in [0.4, 0.5) is 17.3 Å². The molecule has 3 aromatic rings. The summed E-state index contributed by atoms with van der Waals surface area (Å²) in [5, 5.41) is 23.2. The Morgan fingerprint density at radius 3 is 2.91 bits per heavy atom. The number of aromatic nitrogens is 4. The zero-order valence-electron chi connectivity index (χ0n) is 19.0. The molecule has 4 heterocycles. The van der Waals surface area contributed by atoms with Crippen LogP contribution in [-0.2, 0) is 4.74 Å². The maximum atomic E-state index is 13.1. The second-order valence-corrected chi connectivity index (χ2v) is 8.84. The van der Waals surface area contributed by atoms with Crippen molar-refractivity contribution in [2.45, 2.75) is 50.3 Å². The highest BCUT2D eigenvalue weighted by molar-refractivity contribution is 6.00. The first-order valence-corrected chi connectivity index (χ1v) is 11.6. The minimum Gasteiger partial charge on any atom is -0.393 e. The van der Waals surface area contributed by atoms with Gasteiger partial charge in [-0.25, -0.2) is 4.98 Å². The van der Waals surface area contributed by atoms with Crippen LogP contribution in [0.1, 0.15) is 48.5 Å². The van der Waals surface area contributed by atoms with Crippen molar-refractivity contribution < 1.29 is 14.6 Å². The SMILES string of the molecule is CNc1cc(Nc2cccn([C@H]3CCCOC3)c2=O)nc2c(C(=O)N[C@@H]3CC[C@@H](O)C3)cnn12. The number of fused-ring (bicyclic) bond motifs is 1. The number of ether oxygens (including phenoxy) is 1. The van der Waals surface area contributed by atoms with Gasteiger partial charge in [-0.3, -0.25) is 9.59 Å². The second-order valence-electron chi connectivity index (χ2n) is 8.84. The first-order chi connectivity index (χ1) is 16.5. The molecule has 11 heteroatoms. The van der Waals surface area contributed by atoms with E-state index in [0.29, 0.717) is 48.0 Å². The summed E-state index contributed by atoms with van der Waals surface area (Å²) in [5.74, 6) is 0.734. The number of rotatable bonds is 6. The number of nitrogens with zero attached hydrogens (tertiary/aromatic N) is 4. The number of aliphatic hydroxyl groups is 1. The van der Waals surface area contributed by atoms with E-state index >= 15 is 0 Å². The average molecular weight is 468 g/mol. The van der Waals surface area contributed by atoms with E-state index in [1.165, 1.54) is 6.20 Å². The Kier molecular flexibility index (Phi) is 6.20. The molecule has 3 atom stereocenters. The predicted octanol–water partition coefficient (Wildman–Crippen LogP) is 1.67. The lowest BCUT2D eigenvalue weighted by Gasteiger charge is -2.24. The van der Waals surface area contributed by atoms with Crippen molar-refractivity contribution in [2.24, 2.45) is 0 Å². The van der Waals surface area contributed by atoms with Gasteiger partial charge in [0, 0.05) is 32.0 Å². The molecule has 2 aliphatic rings. The highest BCUT2D eigenvalue weighted by Crippen LogP contribution is 2.23. The first-order valence-electron chi connectivity index (χ1n) is 11.6. The number of aliphatic hydroxyl groups excluding tert-OH is 1. The van der Waals surface area contributed by atoms with Crippen molar-refractivity contribution in [3.8, 4) is 0 Å². The van der Waals surface area contributed by atoms with Crippen LogP contribution in [0.15, 0.2) is 35.4 Å². The van der Waals surface area contributed by atoms with E-state index in [9.17, 15) is 14.7 Å². The Bertz CT molecular complexity index is 1250. The molecule has 180 valence electrons. The number of amides is 1. The summed E-state index contributed by atoms with van der Waals surface area (Å²) in [6.07, 6.45) is 6.65. The summed E-state index contributed by atoms with van der Waals surface area (Å²) in [7, 11) is 1.75. The minimum absolute atomic E-state index is 0.00513. The zero-order valence-corrected chi connectivity index (χ0v) is 19.0. The Morgan fingerprint density at radius 2 is 2.18 bits per heavy atom. The van der Waals surface area contributed by atoms with Gasteiger partial charge in [-0.15, -0.1) is 0 Å². The third-order valence-electron chi connectivity index (χ3n) is 6.48. The van der Waals surface area contributed by atoms with Gasteiger partial charge in [0.1, 0.15) is 22.9 Å². The summed E-state index contributed by atoms with van der Waals surface area (Å²) in [4.78, 5) is 30.7. The number of carbonyl (C=O) groups is 1. The van der Waals surface area contributed by atoms with Gasteiger partial charge < -0.3 is 30.4 Å². The molecule has 1 saturated carbocycles. The normalized spacial score (nSPS) is 22.6. The first kappa shape index (κ1) is 22.4. The van der Waals surface area contributed by atoms with Gasteiger partial charge in [-0.05, 0) is 44.2 Å². The van der Waals surface area contributed by atoms with Crippen molar-refractivity contribution >= 4 is 28.9 Å². The third-order valence-corrected chi connectivity index (χ3v) is 6.48. The molecule has 0 unspecified atom stereocenters. The van der Waals surface area contributed by atoms with Crippen LogP contribution in [0.3, 0.4) is 0 Å². The largest absolute Gasteiger partial charge is 0.393 e. The molecule has 11 nitrogen and oxygen atoms in total. The van der Waals surface area contributed by atoms with Crippen LogP contribution in [0, 0.1) is 0 Å². The fourth-order valence-electron chi connectivity index (χ4n) is 4.69. The van der Waals surface area contributed by atoms with E-state index in [1.807, 2.05) is 6.07 Å². The van der Waals surface area contributed by atoms with Crippen LogP contribution in [0.2, 0.25) is 0 Å². The lowest BCUT2D eigenvalue weighted by Crippen LogP contribution is -2.33. The average Bonchev–Trinajstić information content (AvgIpc) is 3.46. The van der Waals surface area contributed by atoms with Gasteiger partial charge in [0.25, 0.3) is 11.5 Å². The van der Waals surface area contributed by atoms with E-state index in [2.05, 4.69) is 26.0 Å². The van der Waals surface area contributed by atoms with Gasteiger partial charge >= 0.3 is 0 Å². The van der Waals surface area contributed by atoms with Crippen molar-refractivity contribution in [2.75, 3.05) is 30.9 Å². The smallest absolute Gasteiger partial charge is 0.274 e. The zero-order chi connectivity index (χ0) is 23.7. The number of pyridine rings is 1. The van der Waals surface area contributed by atoms with Gasteiger partial charge in [-0.1, -0.05) is 0 Å². The molecule has 1 aliphatic carbocycles. The van der Waals surface area contributed by atoms with Crippen LogP contribution in [-0.4, -0.2) is 62.6 Å². The van der Waals surface area contributed by atoms with Crippen LogP contribution in [0.5, 0.6) is 0 Å². The maximum absolute atomic E-state index is 13.1. The van der Waals surface area contributed by atoms with Crippen LogP contribution >= 0.6 is 0 Å². The Morgan fingerprint density at radius 1 is 1.29 bits per heavy atom. The lowest BCUT2D eigenvalue weighted by molar-refractivity contribution is 0.0581. The number of hydrogen-bond acceptors (Lipinski definition) is 8. The maximum Gasteiger partial charge on any atom is 0.274 e. The Balaban J connectivity index is 1.44. The predicted molar refractivity (Wildman–Crippen MR) is 127 cm³/mol. The third kappa shape index (κ3) is 4.36. The molecule has 0 spiro atoms. The monoisotopic (exact) mass is 467 g/mol. The summed E-state index contributed by atoms with van der Waals surface area (Å²) in [6, 6.07) is 5.20. The van der Waals surface area contributed by atoms with E-state index in [4.69, 9.17) is 4.74 Å². The van der Waals surface area contributed by atoms with Gasteiger partial charge in [-0.2, -0.15) is 9.61 Å². The fraction of sp³-hybridized carbons (Fsp3) is 0.478. The van der Waals surface area contributed by atoms with Gasteiger partial charge in [0.15, 0.2) is 5.65 Å². The highest BCUT2D eigenvalue weighted by Gasteiger charge is 2.26. The molecule has 0 radical (unpaired) electrons. The molecule has 1 amide bonds. The number of hydrogen-bond donors (Lipinski definition) is 4. The van der Waals surface area contributed by atoms with E-state index < -0.39 is 0 Å². The lowest BCUT2D eigenvalue weighted by atomic mass is 10.1. The van der Waals surface area contributed by atoms with Crippen molar-refractivity contribution in [3.05, 3.63) is 46.5 Å². The standard InChI is InChI=1S/C23H29N7O4/c1-24-20-11-19(27-18-5-2-8-29(23(18)33)15-4-3-9-34-13-15)28-21-17(12-25-30(20)21)22(32)26-14-6-7-16(31)10-14/h2,5,8,11-12,14-16,24,31H,3-4,6-7,9-10,13H2,1H3,(H,26,32)(H,27,28)/t14-,15+,16-/m1/s1. The van der Waals surface area contributed by atoms with E-state index in [1.54, 1.807) is 34.5 Å². The Labute approximate surface area is 196 Å². The van der Waals surface area contributed by atoms with Gasteiger partial charge in [0.05, 0.1) is 24.9 Å². The molecule has 1 aliphatic heterocycles. The van der Waals surface area contributed by atoms with Gasteiger partial charge in [0.2, 0.25) is 0 Å². The van der Waals surface area contributed by atoms with Crippen LogP contribution in [0.25, 0.3) is 5.65 Å². The second kappa shape index (κ2) is 9.43. The summed E-state index contributed by atoms with van der Waals surface area (Å²) in [5.41, 5.74) is 0.920. The fourth-order valence-corrected chi connectivity index (χ4v) is 4.69. The molecule has 0 bridgehead atoms. The molecule has 1 saturated heterocycles. The van der Waals surface area contributed by atoms with Crippen molar-refractivity contribution in [3.63, 3.8) is 0 Å². The molecular weight excluding hydrogens is 438 g/mol. The van der Waals surface area contributed by atoms with Crippen molar-refractivity contribution in [1.29, 1.82) is 0 Å². The molecule has 5 rings (SSSR count). The molecule has 34 heavy (non-hydrogen) atoms. The minimum atomic E-state index is -0.380. The van der Waals surface area contributed by atoms with E-state index in [-0.39, 0.29) is 29.7 Å². The molecule has 4 N–H and O–H groups in total. The summed E-state index contributed by atoms with van der Waals surface area (Å²) >= 11 is 0. The quantitative estimate of drug-likeness (QED) is 0.430. The van der Waals surface area contributed by atoms with Crippen molar-refractivity contribution in [1.82, 2.24) is 24.5 Å². The number of anilines is 3.